The van der Waals surface area contributed by atoms with Crippen LogP contribution in [0.2, 0.25) is 0 Å². The van der Waals surface area contributed by atoms with Gasteiger partial charge in [0.25, 0.3) is 0 Å². The second kappa shape index (κ2) is 13.0. The average molecular weight is 324 g/mol. The van der Waals surface area contributed by atoms with E-state index in [2.05, 4.69) is 6.92 Å². The molecule has 0 saturated heterocycles. The Balaban J connectivity index is 1.95. The Morgan fingerprint density at radius 2 is 1.70 bits per heavy atom. The molecule has 0 amide bonds. The molecule has 1 aromatic rings. The highest BCUT2D eigenvalue weighted by Crippen LogP contribution is 2.01. The summed E-state index contributed by atoms with van der Waals surface area (Å²) < 4.78 is 15.7. The van der Waals surface area contributed by atoms with Crippen LogP contribution in [0.15, 0.2) is 30.3 Å². The number of hydrogen-bond donors (Lipinski definition) is 1. The van der Waals surface area contributed by atoms with Crippen LogP contribution in [0.3, 0.4) is 0 Å². The Hall–Kier alpha value is -1.43. The summed E-state index contributed by atoms with van der Waals surface area (Å²) >= 11 is 0. The second-order valence-electron chi connectivity index (χ2n) is 5.37. The number of unbranched alkanes of at least 4 members (excludes halogenated alkanes) is 3. The van der Waals surface area contributed by atoms with Gasteiger partial charge in [-0.3, -0.25) is 0 Å². The fourth-order valence-corrected chi connectivity index (χ4v) is 1.97. The monoisotopic (exact) mass is 324 g/mol. The zero-order chi connectivity index (χ0) is 16.8. The van der Waals surface area contributed by atoms with Gasteiger partial charge in [0.2, 0.25) is 0 Å². The summed E-state index contributed by atoms with van der Waals surface area (Å²) in [6, 6.07) is 8.81. The predicted molar refractivity (Wildman–Crippen MR) is 88.5 cm³/mol. The maximum Gasteiger partial charge on any atom is 0.338 e. The number of rotatable bonds is 13. The summed E-state index contributed by atoms with van der Waals surface area (Å²) in [6.45, 7) is 3.71. The van der Waals surface area contributed by atoms with E-state index in [-0.39, 0.29) is 32.4 Å². The summed E-state index contributed by atoms with van der Waals surface area (Å²) in [7, 11) is 0. The number of esters is 1. The smallest absolute Gasteiger partial charge is 0.338 e. The van der Waals surface area contributed by atoms with Crippen LogP contribution in [-0.4, -0.2) is 50.2 Å². The first-order valence-electron chi connectivity index (χ1n) is 8.29. The quantitative estimate of drug-likeness (QED) is 0.446. The SMILES string of the molecule is CCCCCCOCC(O)COCCOC(=O)c1ccccc1. The molecule has 0 saturated carbocycles. The molecular weight excluding hydrogens is 296 g/mol. The van der Waals surface area contributed by atoms with E-state index in [0.29, 0.717) is 12.2 Å². The average Bonchev–Trinajstić information content (AvgIpc) is 2.58. The molecule has 0 spiro atoms. The zero-order valence-corrected chi connectivity index (χ0v) is 13.9. The lowest BCUT2D eigenvalue weighted by Gasteiger charge is -2.12. The second-order valence-corrected chi connectivity index (χ2v) is 5.37. The minimum absolute atomic E-state index is 0.165. The van der Waals surface area contributed by atoms with E-state index in [0.717, 1.165) is 12.8 Å². The Kier molecular flexibility index (Phi) is 11.1. The molecule has 0 aliphatic carbocycles. The highest BCUT2D eigenvalue weighted by Gasteiger charge is 2.07. The first-order valence-corrected chi connectivity index (χ1v) is 8.29. The van der Waals surface area contributed by atoms with E-state index in [1.54, 1.807) is 24.3 Å². The molecule has 1 unspecified atom stereocenters. The molecule has 5 heteroatoms. The lowest BCUT2D eigenvalue weighted by Crippen LogP contribution is -2.23. The molecule has 0 fully saturated rings. The summed E-state index contributed by atoms with van der Waals surface area (Å²) in [5.74, 6) is -0.370. The Labute approximate surface area is 138 Å². The molecule has 23 heavy (non-hydrogen) atoms. The minimum atomic E-state index is -0.647. The van der Waals surface area contributed by atoms with Gasteiger partial charge in [0.1, 0.15) is 12.7 Å². The van der Waals surface area contributed by atoms with Crippen LogP contribution in [0.1, 0.15) is 43.0 Å². The Morgan fingerprint density at radius 1 is 1.00 bits per heavy atom. The van der Waals surface area contributed by atoms with Crippen LogP contribution in [0.25, 0.3) is 0 Å². The molecule has 0 aliphatic rings. The van der Waals surface area contributed by atoms with Gasteiger partial charge in [-0.15, -0.1) is 0 Å². The first kappa shape index (κ1) is 19.6. The van der Waals surface area contributed by atoms with Crippen molar-refractivity contribution in [2.75, 3.05) is 33.0 Å². The van der Waals surface area contributed by atoms with Crippen molar-refractivity contribution in [3.63, 3.8) is 0 Å². The van der Waals surface area contributed by atoms with Crippen molar-refractivity contribution in [2.24, 2.45) is 0 Å². The molecule has 1 N–H and O–H groups in total. The van der Waals surface area contributed by atoms with Gasteiger partial charge in [-0.2, -0.15) is 0 Å². The maximum atomic E-state index is 11.6. The van der Waals surface area contributed by atoms with Gasteiger partial charge < -0.3 is 19.3 Å². The lowest BCUT2D eigenvalue weighted by molar-refractivity contribution is -0.0289. The molecule has 1 atom stereocenters. The van der Waals surface area contributed by atoms with Crippen LogP contribution in [0, 0.1) is 0 Å². The summed E-state index contributed by atoms with van der Waals surface area (Å²) in [5.41, 5.74) is 0.518. The van der Waals surface area contributed by atoms with Gasteiger partial charge >= 0.3 is 5.97 Å². The molecule has 0 bridgehead atoms. The number of aliphatic hydroxyl groups is 1. The Morgan fingerprint density at radius 3 is 2.39 bits per heavy atom. The van der Waals surface area contributed by atoms with Crippen molar-refractivity contribution >= 4 is 5.97 Å². The number of hydrogen-bond acceptors (Lipinski definition) is 5. The van der Waals surface area contributed by atoms with Gasteiger partial charge in [0, 0.05) is 6.61 Å². The minimum Gasteiger partial charge on any atom is -0.460 e. The van der Waals surface area contributed by atoms with E-state index >= 15 is 0 Å². The van der Waals surface area contributed by atoms with Crippen LogP contribution < -0.4 is 0 Å². The van der Waals surface area contributed by atoms with Crippen LogP contribution in [0.5, 0.6) is 0 Å². The number of aliphatic hydroxyl groups excluding tert-OH is 1. The highest BCUT2D eigenvalue weighted by atomic mass is 16.6. The Bertz CT molecular complexity index is 407. The largest absolute Gasteiger partial charge is 0.460 e. The fourth-order valence-electron chi connectivity index (χ4n) is 1.97. The molecule has 5 nitrogen and oxygen atoms in total. The highest BCUT2D eigenvalue weighted by molar-refractivity contribution is 5.89. The van der Waals surface area contributed by atoms with Crippen molar-refractivity contribution in [2.45, 2.75) is 38.7 Å². The topological polar surface area (TPSA) is 65.0 Å². The third-order valence-corrected chi connectivity index (χ3v) is 3.23. The van der Waals surface area contributed by atoms with Gasteiger partial charge in [0.15, 0.2) is 0 Å². The standard InChI is InChI=1S/C18H28O5/c1-2-3-4-8-11-21-14-17(19)15-22-12-13-23-18(20)16-9-6-5-7-10-16/h5-7,9-10,17,19H,2-4,8,11-15H2,1H3. The number of carbonyl (C=O) groups is 1. The van der Waals surface area contributed by atoms with Crippen molar-refractivity contribution < 1.29 is 24.1 Å². The van der Waals surface area contributed by atoms with E-state index in [1.165, 1.54) is 12.8 Å². The molecule has 0 aromatic heterocycles. The summed E-state index contributed by atoms with van der Waals surface area (Å²) in [6.07, 6.45) is 3.96. The van der Waals surface area contributed by atoms with E-state index in [9.17, 15) is 9.90 Å². The number of ether oxygens (including phenoxy) is 3. The third kappa shape index (κ3) is 10.0. The van der Waals surface area contributed by atoms with Crippen molar-refractivity contribution in [1.82, 2.24) is 0 Å². The van der Waals surface area contributed by atoms with E-state index in [4.69, 9.17) is 14.2 Å². The fraction of sp³-hybridized carbons (Fsp3) is 0.611. The van der Waals surface area contributed by atoms with Crippen molar-refractivity contribution in [3.8, 4) is 0 Å². The lowest BCUT2D eigenvalue weighted by atomic mass is 10.2. The van der Waals surface area contributed by atoms with Crippen LogP contribution in [0.4, 0.5) is 0 Å². The zero-order valence-electron chi connectivity index (χ0n) is 13.9. The molecule has 1 rings (SSSR count). The first-order chi connectivity index (χ1) is 11.2. The molecule has 0 heterocycles. The maximum absolute atomic E-state index is 11.6. The molecule has 0 aliphatic heterocycles. The number of benzene rings is 1. The van der Waals surface area contributed by atoms with Gasteiger partial charge in [0.05, 0.1) is 25.4 Å². The van der Waals surface area contributed by atoms with Gasteiger partial charge in [-0.1, -0.05) is 44.4 Å². The normalized spacial score (nSPS) is 12.1. The summed E-state index contributed by atoms with van der Waals surface area (Å²) in [5, 5.41) is 9.68. The molecule has 130 valence electrons. The predicted octanol–water partition coefficient (Wildman–Crippen LogP) is 2.82. The van der Waals surface area contributed by atoms with Crippen molar-refractivity contribution in [1.29, 1.82) is 0 Å². The van der Waals surface area contributed by atoms with Gasteiger partial charge in [-0.25, -0.2) is 4.79 Å². The van der Waals surface area contributed by atoms with E-state index in [1.807, 2.05) is 6.07 Å². The molecular formula is C18H28O5. The van der Waals surface area contributed by atoms with Crippen LogP contribution in [-0.2, 0) is 14.2 Å². The van der Waals surface area contributed by atoms with Gasteiger partial charge in [-0.05, 0) is 18.6 Å². The van der Waals surface area contributed by atoms with Crippen molar-refractivity contribution in [3.05, 3.63) is 35.9 Å². The molecule has 1 aromatic carbocycles. The number of carbonyl (C=O) groups excluding carboxylic acids is 1. The van der Waals surface area contributed by atoms with Crippen LogP contribution >= 0.6 is 0 Å². The molecule has 0 radical (unpaired) electrons. The summed E-state index contributed by atoms with van der Waals surface area (Å²) in [4.78, 5) is 11.6. The third-order valence-electron chi connectivity index (χ3n) is 3.23. The van der Waals surface area contributed by atoms with E-state index < -0.39 is 6.10 Å².